The second kappa shape index (κ2) is 9.65. The van der Waals surface area contributed by atoms with E-state index in [1.54, 1.807) is 17.4 Å². The highest BCUT2D eigenvalue weighted by molar-refractivity contribution is 7.09. The average molecular weight is 447 g/mol. The number of carbonyl (C=O) groups is 1. The van der Waals surface area contributed by atoms with Crippen molar-refractivity contribution in [3.63, 3.8) is 0 Å². The van der Waals surface area contributed by atoms with Crippen LogP contribution in [0.25, 0.3) is 0 Å². The van der Waals surface area contributed by atoms with E-state index in [4.69, 9.17) is 14.5 Å². The lowest BCUT2D eigenvalue weighted by Gasteiger charge is -2.31. The summed E-state index contributed by atoms with van der Waals surface area (Å²) in [6.45, 7) is 7.89. The molecular weight excluding hydrogens is 415 g/mol. The highest BCUT2D eigenvalue weighted by Crippen LogP contribution is 2.45. The van der Waals surface area contributed by atoms with Gasteiger partial charge in [-0.15, -0.1) is 11.3 Å². The Morgan fingerprint density at radius 2 is 2.00 bits per heavy atom. The molecule has 0 spiro atoms. The van der Waals surface area contributed by atoms with E-state index in [0.29, 0.717) is 30.1 Å². The first-order valence-electron chi connectivity index (χ1n) is 11.2. The van der Waals surface area contributed by atoms with Gasteiger partial charge in [-0.2, -0.15) is 0 Å². The van der Waals surface area contributed by atoms with E-state index >= 15 is 0 Å². The summed E-state index contributed by atoms with van der Waals surface area (Å²) < 4.78 is 25.2. The lowest BCUT2D eigenvalue weighted by molar-refractivity contribution is 0.0595. The van der Waals surface area contributed by atoms with Crippen molar-refractivity contribution in [2.24, 2.45) is 5.92 Å². The molecule has 1 aliphatic heterocycles. The average Bonchev–Trinajstić information content (AvgIpc) is 3.50. The van der Waals surface area contributed by atoms with Crippen molar-refractivity contribution in [1.82, 2.24) is 9.88 Å². The van der Waals surface area contributed by atoms with Gasteiger partial charge in [0.1, 0.15) is 11.6 Å². The Hall–Kier alpha value is -1.99. The largest absolute Gasteiger partial charge is 0.493 e. The molecule has 0 radical (unpaired) electrons. The zero-order valence-corrected chi connectivity index (χ0v) is 19.3. The van der Waals surface area contributed by atoms with Crippen molar-refractivity contribution in [1.29, 1.82) is 0 Å². The first-order valence-corrected chi connectivity index (χ1v) is 12.0. The minimum atomic E-state index is -0.640. The van der Waals surface area contributed by atoms with Crippen molar-refractivity contribution in [2.45, 2.75) is 57.9 Å². The van der Waals surface area contributed by atoms with E-state index < -0.39 is 11.8 Å². The van der Waals surface area contributed by atoms with Crippen molar-refractivity contribution >= 4 is 17.3 Å². The number of halogens is 1. The SMILES string of the molecule is COC(=O)c1cc(C2CC2)c(OCC2CCN(Cc3csc(C(C)C)n3)CC2)cc1F. The lowest BCUT2D eigenvalue weighted by atomic mass is 9.97. The smallest absolute Gasteiger partial charge is 0.340 e. The van der Waals surface area contributed by atoms with Crippen molar-refractivity contribution in [2.75, 3.05) is 26.8 Å². The second-order valence-electron chi connectivity index (χ2n) is 9.00. The van der Waals surface area contributed by atoms with Crippen LogP contribution < -0.4 is 4.74 Å². The number of thiazole rings is 1. The summed E-state index contributed by atoms with van der Waals surface area (Å²) in [4.78, 5) is 19.0. The molecule has 5 nitrogen and oxygen atoms in total. The molecule has 7 heteroatoms. The first-order chi connectivity index (χ1) is 14.9. The number of esters is 1. The molecule has 0 bridgehead atoms. The summed E-state index contributed by atoms with van der Waals surface area (Å²) in [6, 6.07) is 2.99. The number of ether oxygens (including phenoxy) is 2. The van der Waals surface area contributed by atoms with Gasteiger partial charge >= 0.3 is 5.97 Å². The van der Waals surface area contributed by atoms with Crippen molar-refractivity contribution < 1.29 is 18.7 Å². The van der Waals surface area contributed by atoms with Gasteiger partial charge in [0.05, 0.1) is 30.0 Å². The maximum absolute atomic E-state index is 14.4. The van der Waals surface area contributed by atoms with Crippen LogP contribution in [0.5, 0.6) is 5.75 Å². The topological polar surface area (TPSA) is 51.7 Å². The summed E-state index contributed by atoms with van der Waals surface area (Å²) in [5.41, 5.74) is 2.09. The normalized spacial score (nSPS) is 17.8. The van der Waals surface area contributed by atoms with Gasteiger partial charge in [0, 0.05) is 23.9 Å². The third kappa shape index (κ3) is 5.44. The van der Waals surface area contributed by atoms with Gasteiger partial charge in [-0.1, -0.05) is 13.8 Å². The minimum Gasteiger partial charge on any atom is -0.493 e. The molecular formula is C24H31FN2O3S. The van der Waals surface area contributed by atoms with E-state index in [1.165, 1.54) is 23.9 Å². The summed E-state index contributed by atoms with van der Waals surface area (Å²) in [7, 11) is 1.27. The van der Waals surface area contributed by atoms with Crippen LogP contribution in [0, 0.1) is 11.7 Å². The number of carbonyl (C=O) groups excluding carboxylic acids is 1. The molecule has 1 saturated carbocycles. The van der Waals surface area contributed by atoms with Crippen molar-refractivity contribution in [3.05, 3.63) is 45.2 Å². The van der Waals surface area contributed by atoms with Crippen LogP contribution in [-0.2, 0) is 11.3 Å². The van der Waals surface area contributed by atoms with Crippen molar-refractivity contribution in [3.8, 4) is 5.75 Å². The quantitative estimate of drug-likeness (QED) is 0.511. The van der Waals surface area contributed by atoms with E-state index in [-0.39, 0.29) is 5.56 Å². The standard InChI is InChI=1S/C24H31FN2O3S/c1-15(2)23-26-18(14-31-23)12-27-8-6-16(7-9-27)13-30-22-11-21(25)20(24(28)29-3)10-19(22)17-4-5-17/h10-11,14-17H,4-9,12-13H2,1-3H3. The van der Waals surface area contributed by atoms with Gasteiger partial charge < -0.3 is 9.47 Å². The Balaban J connectivity index is 1.31. The summed E-state index contributed by atoms with van der Waals surface area (Å²) in [6.07, 6.45) is 4.22. The monoisotopic (exact) mass is 446 g/mol. The number of benzene rings is 1. The Kier molecular flexibility index (Phi) is 6.92. The van der Waals surface area contributed by atoms with E-state index in [0.717, 1.165) is 50.9 Å². The zero-order valence-electron chi connectivity index (χ0n) is 18.5. The lowest BCUT2D eigenvalue weighted by Crippen LogP contribution is -2.35. The van der Waals surface area contributed by atoms with Gasteiger partial charge in [0.25, 0.3) is 0 Å². The molecule has 2 heterocycles. The number of likely N-dealkylation sites (tertiary alicyclic amines) is 1. The molecule has 31 heavy (non-hydrogen) atoms. The summed E-state index contributed by atoms with van der Waals surface area (Å²) in [5, 5.41) is 3.38. The van der Waals surface area contributed by atoms with Crippen LogP contribution in [0.3, 0.4) is 0 Å². The number of piperidine rings is 1. The van der Waals surface area contributed by atoms with Gasteiger partial charge in [0.2, 0.25) is 0 Å². The maximum atomic E-state index is 14.4. The predicted octanol–water partition coefficient (Wildman–Crippen LogP) is 5.36. The molecule has 2 aliphatic rings. The molecule has 0 unspecified atom stereocenters. The molecule has 1 aromatic carbocycles. The fourth-order valence-electron chi connectivity index (χ4n) is 4.08. The number of nitrogens with zero attached hydrogens (tertiary/aromatic N) is 2. The van der Waals surface area contributed by atoms with Crippen LogP contribution in [0.4, 0.5) is 4.39 Å². The number of rotatable bonds is 8. The maximum Gasteiger partial charge on any atom is 0.340 e. The fraction of sp³-hybridized carbons (Fsp3) is 0.583. The second-order valence-corrected chi connectivity index (χ2v) is 9.89. The molecule has 0 N–H and O–H groups in total. The van der Waals surface area contributed by atoms with Crippen LogP contribution in [-0.4, -0.2) is 42.7 Å². The van der Waals surface area contributed by atoms with Gasteiger partial charge in [-0.05, 0) is 62.2 Å². The molecule has 1 saturated heterocycles. The Morgan fingerprint density at radius 1 is 1.26 bits per heavy atom. The van der Waals surface area contributed by atoms with Gasteiger partial charge in [-0.25, -0.2) is 14.2 Å². The predicted molar refractivity (Wildman–Crippen MR) is 119 cm³/mol. The minimum absolute atomic E-state index is 0.00674. The fourth-order valence-corrected chi connectivity index (χ4v) is 4.91. The Labute approximate surface area is 187 Å². The molecule has 2 aromatic rings. The third-order valence-electron chi connectivity index (χ3n) is 6.15. The molecule has 4 rings (SSSR count). The highest BCUT2D eigenvalue weighted by atomic mass is 32.1. The summed E-state index contributed by atoms with van der Waals surface area (Å²) >= 11 is 1.75. The molecule has 168 valence electrons. The first kappa shape index (κ1) is 22.2. The van der Waals surface area contributed by atoms with E-state index in [9.17, 15) is 9.18 Å². The van der Waals surface area contributed by atoms with Crippen LogP contribution in [0.15, 0.2) is 17.5 Å². The number of aromatic nitrogens is 1. The Morgan fingerprint density at radius 3 is 2.61 bits per heavy atom. The molecule has 1 aliphatic carbocycles. The summed E-state index contributed by atoms with van der Waals surface area (Å²) in [5.74, 6) is 0.652. The van der Waals surface area contributed by atoms with E-state index in [2.05, 4.69) is 24.1 Å². The number of hydrogen-bond acceptors (Lipinski definition) is 6. The van der Waals surface area contributed by atoms with Crippen LogP contribution >= 0.6 is 11.3 Å². The number of hydrogen-bond donors (Lipinski definition) is 0. The molecule has 1 aromatic heterocycles. The van der Waals surface area contributed by atoms with E-state index in [1.807, 2.05) is 0 Å². The zero-order chi connectivity index (χ0) is 22.0. The van der Waals surface area contributed by atoms with Crippen LogP contribution in [0.1, 0.15) is 78.0 Å². The molecule has 0 atom stereocenters. The molecule has 0 amide bonds. The van der Waals surface area contributed by atoms with Gasteiger partial charge in [-0.3, -0.25) is 4.90 Å². The molecule has 2 fully saturated rings. The Bertz CT molecular complexity index is 918. The third-order valence-corrected chi connectivity index (χ3v) is 7.35. The van der Waals surface area contributed by atoms with Crippen LogP contribution in [0.2, 0.25) is 0 Å². The van der Waals surface area contributed by atoms with Gasteiger partial charge in [0.15, 0.2) is 0 Å². The highest BCUT2D eigenvalue weighted by Gasteiger charge is 2.30. The number of methoxy groups -OCH3 is 1.